The average molecular weight is 612 g/mol. The number of methoxy groups -OCH3 is 1. The van der Waals surface area contributed by atoms with Gasteiger partial charge in [0.2, 0.25) is 17.7 Å². The van der Waals surface area contributed by atoms with Gasteiger partial charge in [0, 0.05) is 64.4 Å². The monoisotopic (exact) mass is 611 g/mol. The lowest BCUT2D eigenvalue weighted by molar-refractivity contribution is -0.140. The summed E-state index contributed by atoms with van der Waals surface area (Å²) in [6.07, 6.45) is 4.16. The van der Waals surface area contributed by atoms with Crippen molar-refractivity contribution in [1.29, 1.82) is 0 Å². The van der Waals surface area contributed by atoms with Crippen molar-refractivity contribution in [2.75, 3.05) is 75.1 Å². The molecular formula is C29H35F2N9O4. The summed E-state index contributed by atoms with van der Waals surface area (Å²) in [6.45, 7) is 5.29. The first-order valence-electron chi connectivity index (χ1n) is 14.7. The van der Waals surface area contributed by atoms with E-state index in [4.69, 9.17) is 14.9 Å². The Morgan fingerprint density at radius 1 is 1.09 bits per heavy atom. The van der Waals surface area contributed by atoms with Gasteiger partial charge in [-0.3, -0.25) is 9.69 Å². The number of piperidine rings is 1. The van der Waals surface area contributed by atoms with E-state index >= 15 is 0 Å². The molecule has 44 heavy (non-hydrogen) atoms. The number of furan rings is 1. The number of hydrogen-bond donors (Lipinski definition) is 1. The van der Waals surface area contributed by atoms with E-state index in [1.165, 1.54) is 17.7 Å². The van der Waals surface area contributed by atoms with E-state index in [1.54, 1.807) is 18.4 Å². The van der Waals surface area contributed by atoms with Crippen LogP contribution >= 0.6 is 0 Å². The maximum Gasteiger partial charge on any atom is 0.305 e. The Bertz CT molecular complexity index is 1590. The molecule has 13 nitrogen and oxygen atoms in total. The van der Waals surface area contributed by atoms with Crippen LogP contribution in [0.5, 0.6) is 5.75 Å². The summed E-state index contributed by atoms with van der Waals surface area (Å²) in [5.41, 5.74) is 6.53. The van der Waals surface area contributed by atoms with Crippen molar-refractivity contribution >= 4 is 29.3 Å². The van der Waals surface area contributed by atoms with Gasteiger partial charge in [-0.05, 0) is 37.3 Å². The van der Waals surface area contributed by atoms with Gasteiger partial charge in [-0.15, -0.1) is 5.10 Å². The lowest BCUT2D eigenvalue weighted by Gasteiger charge is -2.40. The molecule has 2 aliphatic rings. The normalized spacial score (nSPS) is 17.8. The molecule has 2 saturated heterocycles. The molecule has 4 aromatic rings. The molecule has 0 bridgehead atoms. The molecule has 0 saturated carbocycles. The zero-order chi connectivity index (χ0) is 30.6. The molecule has 234 valence electrons. The molecule has 2 fully saturated rings. The second-order valence-corrected chi connectivity index (χ2v) is 11.0. The van der Waals surface area contributed by atoms with Crippen LogP contribution < -0.4 is 20.3 Å². The predicted octanol–water partition coefficient (Wildman–Crippen LogP) is 3.01. The molecule has 6 rings (SSSR count). The Morgan fingerprint density at radius 3 is 2.70 bits per heavy atom. The molecule has 2 aliphatic heterocycles. The van der Waals surface area contributed by atoms with Gasteiger partial charge in [-0.25, -0.2) is 8.78 Å². The van der Waals surface area contributed by atoms with Crippen LogP contribution in [-0.2, 0) is 9.53 Å². The Labute approximate surface area is 252 Å². The second-order valence-electron chi connectivity index (χ2n) is 11.0. The van der Waals surface area contributed by atoms with Crippen LogP contribution in [-0.4, -0.2) is 95.0 Å². The van der Waals surface area contributed by atoms with E-state index in [2.05, 4.69) is 34.6 Å². The fourth-order valence-electron chi connectivity index (χ4n) is 5.75. The van der Waals surface area contributed by atoms with E-state index in [9.17, 15) is 13.6 Å². The maximum absolute atomic E-state index is 14.8. The van der Waals surface area contributed by atoms with Gasteiger partial charge in [0.1, 0.15) is 5.82 Å². The Hall–Kier alpha value is -4.53. The van der Waals surface area contributed by atoms with Crippen molar-refractivity contribution in [2.45, 2.75) is 25.7 Å². The van der Waals surface area contributed by atoms with Crippen LogP contribution in [0.4, 0.5) is 26.4 Å². The van der Waals surface area contributed by atoms with E-state index in [-0.39, 0.29) is 30.7 Å². The van der Waals surface area contributed by atoms with Crippen LogP contribution in [0.15, 0.2) is 34.9 Å². The van der Waals surface area contributed by atoms with Crippen molar-refractivity contribution in [1.82, 2.24) is 29.5 Å². The highest BCUT2D eigenvalue weighted by molar-refractivity contribution is 5.69. The van der Waals surface area contributed by atoms with Crippen LogP contribution in [0.2, 0.25) is 0 Å². The third kappa shape index (κ3) is 6.51. The first kappa shape index (κ1) is 29.5. The summed E-state index contributed by atoms with van der Waals surface area (Å²) >= 11 is 0. The third-order valence-electron chi connectivity index (χ3n) is 8.01. The number of benzene rings is 1. The number of piperazine rings is 1. The number of hydrogen-bond acceptors (Lipinski definition) is 12. The van der Waals surface area contributed by atoms with E-state index in [0.717, 1.165) is 51.6 Å². The highest BCUT2D eigenvalue weighted by atomic mass is 19.1. The number of rotatable bonds is 10. The maximum atomic E-state index is 14.8. The molecule has 0 radical (unpaired) electrons. The van der Waals surface area contributed by atoms with Gasteiger partial charge >= 0.3 is 5.97 Å². The predicted molar refractivity (Wildman–Crippen MR) is 157 cm³/mol. The number of esters is 1. The molecule has 15 heteroatoms. The fourth-order valence-corrected chi connectivity index (χ4v) is 5.75. The smallest absolute Gasteiger partial charge is 0.305 e. The van der Waals surface area contributed by atoms with Crippen LogP contribution in [0.25, 0.3) is 17.4 Å². The number of fused-ring (bicyclic) bond motifs is 1. The topological polar surface area (TPSA) is 140 Å². The van der Waals surface area contributed by atoms with Gasteiger partial charge in [-0.1, -0.05) is 0 Å². The van der Waals surface area contributed by atoms with Crippen molar-refractivity contribution in [3.8, 4) is 17.3 Å². The summed E-state index contributed by atoms with van der Waals surface area (Å²) in [4.78, 5) is 31.4. The molecule has 1 atom stereocenters. The van der Waals surface area contributed by atoms with Crippen LogP contribution in [0.3, 0.4) is 0 Å². The summed E-state index contributed by atoms with van der Waals surface area (Å²) in [5.74, 6) is 0.619. The minimum Gasteiger partial charge on any atom is -0.490 e. The quantitative estimate of drug-likeness (QED) is 0.208. The van der Waals surface area contributed by atoms with Crippen molar-refractivity contribution in [2.24, 2.45) is 5.92 Å². The lowest BCUT2D eigenvalue weighted by Crippen LogP contribution is -2.50. The molecule has 5 heterocycles. The number of carbonyl (C=O) groups excluding carboxylic acids is 1. The lowest BCUT2D eigenvalue weighted by atomic mass is 9.97. The van der Waals surface area contributed by atoms with Crippen molar-refractivity contribution in [3.63, 3.8) is 0 Å². The van der Waals surface area contributed by atoms with Gasteiger partial charge in [-0.2, -0.15) is 19.5 Å². The van der Waals surface area contributed by atoms with E-state index in [1.807, 2.05) is 4.90 Å². The molecule has 2 N–H and O–H groups in total. The minimum absolute atomic E-state index is 0.0274. The van der Waals surface area contributed by atoms with Gasteiger partial charge in [0.25, 0.3) is 5.78 Å². The zero-order valence-electron chi connectivity index (χ0n) is 24.5. The second kappa shape index (κ2) is 13.0. The van der Waals surface area contributed by atoms with Crippen molar-refractivity contribution < 1.29 is 27.5 Å². The number of carbonyl (C=O) groups is 1. The van der Waals surface area contributed by atoms with Crippen LogP contribution in [0, 0.1) is 17.6 Å². The summed E-state index contributed by atoms with van der Waals surface area (Å²) in [5, 5.41) is 4.37. The summed E-state index contributed by atoms with van der Waals surface area (Å²) in [7, 11) is 1.31. The molecule has 0 amide bonds. The molecule has 1 aromatic carbocycles. The highest BCUT2D eigenvalue weighted by Crippen LogP contribution is 2.30. The standard InChI is InChI=1S/C29H35F2N9O4/c1-42-25(41)7-4-14-44-24-16-22(20(30)15-21(24)31)38-11-9-37(10-12-38)17-19-5-2-8-39(18-19)28-34-27(32)40-29(35-28)33-26(36-40)23-6-3-13-43-23/h3,6,13,15-16,19H,2,4-5,7-12,14,17-18H2,1H3,(H2,32,33,34,35,36)/t19-/m0/s1. The third-order valence-corrected chi connectivity index (χ3v) is 8.01. The summed E-state index contributed by atoms with van der Waals surface area (Å²) < 4.78 is 46.1. The largest absolute Gasteiger partial charge is 0.490 e. The number of halogens is 2. The van der Waals surface area contributed by atoms with Gasteiger partial charge < -0.3 is 29.4 Å². The first-order chi connectivity index (χ1) is 21.4. The number of ether oxygens (including phenoxy) is 2. The number of anilines is 3. The zero-order valence-corrected chi connectivity index (χ0v) is 24.5. The highest BCUT2D eigenvalue weighted by Gasteiger charge is 2.28. The Morgan fingerprint density at radius 2 is 1.93 bits per heavy atom. The first-order valence-corrected chi connectivity index (χ1v) is 14.7. The summed E-state index contributed by atoms with van der Waals surface area (Å²) in [6, 6.07) is 5.80. The van der Waals surface area contributed by atoms with Crippen molar-refractivity contribution in [3.05, 3.63) is 42.2 Å². The average Bonchev–Trinajstić information content (AvgIpc) is 3.72. The Kier molecular flexibility index (Phi) is 8.72. The van der Waals surface area contributed by atoms with E-state index < -0.39 is 11.6 Å². The number of nitrogen functional groups attached to an aromatic ring is 1. The Balaban J connectivity index is 1.04. The molecule has 0 spiro atoms. The number of nitrogens with two attached hydrogens (primary N) is 1. The van der Waals surface area contributed by atoms with E-state index in [0.29, 0.717) is 54.4 Å². The molecule has 0 aliphatic carbocycles. The number of aromatic nitrogens is 5. The van der Waals surface area contributed by atoms with Gasteiger partial charge in [0.05, 0.1) is 25.7 Å². The number of nitrogens with zero attached hydrogens (tertiary/aromatic N) is 8. The molecule has 3 aromatic heterocycles. The fraction of sp³-hybridized carbons (Fsp3) is 0.483. The SMILES string of the molecule is COC(=O)CCCOc1cc(N2CCN(C[C@@H]3CCCN(c4nc(N)n5nc(-c6ccco6)nc5n4)C3)CC2)c(F)cc1F. The minimum atomic E-state index is -0.767. The molecule has 0 unspecified atom stereocenters. The van der Waals surface area contributed by atoms with Gasteiger partial charge in [0.15, 0.2) is 17.3 Å². The van der Waals surface area contributed by atoms with Crippen LogP contribution in [0.1, 0.15) is 25.7 Å². The molecular weight excluding hydrogens is 576 g/mol.